The molecule has 1 aromatic rings. The number of carbonyl (C=O) groups is 2. The molecule has 1 saturated heterocycles. The van der Waals surface area contributed by atoms with Crippen molar-refractivity contribution < 1.29 is 9.59 Å². The molecule has 0 radical (unpaired) electrons. The Kier molecular flexibility index (Phi) is 4.46. The first kappa shape index (κ1) is 15.1. The summed E-state index contributed by atoms with van der Waals surface area (Å²) in [6.07, 6.45) is 5.37. The van der Waals surface area contributed by atoms with E-state index in [1.54, 1.807) is 0 Å². The highest BCUT2D eigenvalue weighted by Gasteiger charge is 2.32. The van der Waals surface area contributed by atoms with Crippen LogP contribution in [0.5, 0.6) is 0 Å². The van der Waals surface area contributed by atoms with Gasteiger partial charge < -0.3 is 9.80 Å². The molecule has 0 aliphatic carbocycles. The van der Waals surface area contributed by atoms with Crippen LogP contribution in [0.4, 0.5) is 5.69 Å². The molecule has 1 aromatic carbocycles. The van der Waals surface area contributed by atoms with Gasteiger partial charge in [0.05, 0.1) is 0 Å². The molecule has 0 N–H and O–H groups in total. The fourth-order valence-corrected chi connectivity index (χ4v) is 3.59. The fraction of sp³-hybridized carbons (Fsp3) is 0.556. The topological polar surface area (TPSA) is 40.6 Å². The lowest BCUT2D eigenvalue weighted by Gasteiger charge is -2.25. The van der Waals surface area contributed by atoms with Crippen LogP contribution >= 0.6 is 0 Å². The predicted molar refractivity (Wildman–Crippen MR) is 86.8 cm³/mol. The number of rotatable bonds is 2. The predicted octanol–water partition coefficient (Wildman–Crippen LogP) is 2.76. The molecule has 0 aromatic heterocycles. The van der Waals surface area contributed by atoms with Gasteiger partial charge in [0, 0.05) is 24.8 Å². The van der Waals surface area contributed by atoms with Gasteiger partial charge in [0.1, 0.15) is 6.42 Å². The Labute approximate surface area is 132 Å². The number of benzene rings is 1. The lowest BCUT2D eigenvalue weighted by molar-refractivity contribution is -0.135. The van der Waals surface area contributed by atoms with Crippen LogP contribution in [0.3, 0.4) is 0 Å². The summed E-state index contributed by atoms with van der Waals surface area (Å²) in [7, 11) is 0. The first-order valence-corrected chi connectivity index (χ1v) is 8.34. The van der Waals surface area contributed by atoms with Crippen LogP contribution < -0.4 is 4.90 Å². The van der Waals surface area contributed by atoms with E-state index < -0.39 is 0 Å². The highest BCUT2D eigenvalue weighted by Crippen LogP contribution is 2.32. The number of nitrogens with zero attached hydrogens (tertiary/aromatic N) is 2. The minimum Gasteiger partial charge on any atom is -0.342 e. The van der Waals surface area contributed by atoms with E-state index in [1.807, 2.05) is 34.9 Å². The largest absolute Gasteiger partial charge is 0.342 e. The lowest BCUT2D eigenvalue weighted by atomic mass is 10.1. The number of hydrogen-bond acceptors (Lipinski definition) is 2. The zero-order valence-corrected chi connectivity index (χ0v) is 13.3. The monoisotopic (exact) mass is 300 g/mol. The number of fused-ring (bicyclic) bond motifs is 1. The van der Waals surface area contributed by atoms with Gasteiger partial charge >= 0.3 is 0 Å². The van der Waals surface area contributed by atoms with E-state index in [0.717, 1.165) is 38.0 Å². The smallest absolute Gasteiger partial charge is 0.236 e. The summed E-state index contributed by atoms with van der Waals surface area (Å²) in [4.78, 5) is 28.7. The van der Waals surface area contributed by atoms with Crippen LogP contribution in [0.2, 0.25) is 0 Å². The maximum absolute atomic E-state index is 12.6. The van der Waals surface area contributed by atoms with Crippen molar-refractivity contribution >= 4 is 17.5 Å². The molecular weight excluding hydrogens is 276 g/mol. The number of amides is 2. The van der Waals surface area contributed by atoms with E-state index in [4.69, 9.17) is 0 Å². The van der Waals surface area contributed by atoms with Gasteiger partial charge in [-0.2, -0.15) is 0 Å². The second kappa shape index (κ2) is 6.51. The highest BCUT2D eigenvalue weighted by molar-refractivity contribution is 6.06. The highest BCUT2D eigenvalue weighted by atomic mass is 16.2. The summed E-state index contributed by atoms with van der Waals surface area (Å²) in [5.41, 5.74) is 2.18. The lowest BCUT2D eigenvalue weighted by Crippen LogP contribution is -2.40. The van der Waals surface area contributed by atoms with Crippen molar-refractivity contribution in [1.29, 1.82) is 0 Å². The molecule has 0 bridgehead atoms. The Morgan fingerprint density at radius 3 is 2.45 bits per heavy atom. The summed E-state index contributed by atoms with van der Waals surface area (Å²) >= 11 is 0. The number of carbonyl (C=O) groups excluding carboxylic acids is 2. The molecule has 4 heteroatoms. The SMILES string of the molecule is CC1Cc2ccccc2N1C(=O)CC(=O)N1CCCCCC1. The van der Waals surface area contributed by atoms with Gasteiger partial charge in [-0.1, -0.05) is 31.0 Å². The van der Waals surface area contributed by atoms with Gasteiger partial charge in [0.2, 0.25) is 11.8 Å². The molecule has 22 heavy (non-hydrogen) atoms. The van der Waals surface area contributed by atoms with Crippen molar-refractivity contribution in [3.05, 3.63) is 29.8 Å². The van der Waals surface area contributed by atoms with Crippen LogP contribution in [0, 0.1) is 0 Å². The maximum Gasteiger partial charge on any atom is 0.236 e. The van der Waals surface area contributed by atoms with E-state index in [0.29, 0.717) is 0 Å². The molecule has 2 heterocycles. The Hall–Kier alpha value is -1.84. The minimum atomic E-state index is -0.0632. The number of hydrogen-bond donors (Lipinski definition) is 0. The summed E-state index contributed by atoms with van der Waals surface area (Å²) < 4.78 is 0. The average Bonchev–Trinajstić information content (AvgIpc) is 2.67. The summed E-state index contributed by atoms with van der Waals surface area (Å²) in [5.74, 6) is -0.0739. The van der Waals surface area contributed by atoms with Crippen molar-refractivity contribution in [1.82, 2.24) is 4.90 Å². The van der Waals surface area contributed by atoms with Gasteiger partial charge in [-0.3, -0.25) is 9.59 Å². The van der Waals surface area contributed by atoms with Gasteiger partial charge in [-0.25, -0.2) is 0 Å². The van der Waals surface area contributed by atoms with Crippen molar-refractivity contribution in [2.24, 2.45) is 0 Å². The van der Waals surface area contributed by atoms with Crippen LogP contribution in [0.1, 0.15) is 44.6 Å². The first-order valence-electron chi connectivity index (χ1n) is 8.34. The average molecular weight is 300 g/mol. The molecule has 1 unspecified atom stereocenters. The van der Waals surface area contributed by atoms with Crippen LogP contribution in [0.15, 0.2) is 24.3 Å². The molecule has 4 nitrogen and oxygen atoms in total. The summed E-state index contributed by atoms with van der Waals surface area (Å²) in [6, 6.07) is 8.14. The van der Waals surface area contributed by atoms with Crippen molar-refractivity contribution in [2.45, 2.75) is 51.5 Å². The number of anilines is 1. The van der Waals surface area contributed by atoms with Gasteiger partial charge in [-0.15, -0.1) is 0 Å². The third-order valence-corrected chi connectivity index (χ3v) is 4.74. The summed E-state index contributed by atoms with van der Waals surface area (Å²) in [6.45, 7) is 3.66. The molecule has 3 rings (SSSR count). The van der Waals surface area contributed by atoms with Gasteiger partial charge in [0.15, 0.2) is 0 Å². The normalized spacial score (nSPS) is 21.4. The molecule has 0 spiro atoms. The van der Waals surface area contributed by atoms with Crippen molar-refractivity contribution in [2.75, 3.05) is 18.0 Å². The molecule has 2 aliphatic rings. The second-order valence-corrected chi connectivity index (χ2v) is 6.42. The Morgan fingerprint density at radius 2 is 1.73 bits per heavy atom. The van der Waals surface area contributed by atoms with Crippen molar-refractivity contribution in [3.63, 3.8) is 0 Å². The zero-order valence-electron chi connectivity index (χ0n) is 13.3. The van der Waals surface area contributed by atoms with E-state index in [9.17, 15) is 9.59 Å². The van der Waals surface area contributed by atoms with Crippen LogP contribution in [-0.4, -0.2) is 35.8 Å². The van der Waals surface area contributed by atoms with E-state index in [1.165, 1.54) is 18.4 Å². The molecule has 0 saturated carbocycles. The quantitative estimate of drug-likeness (QED) is 0.788. The van der Waals surface area contributed by atoms with Crippen LogP contribution in [-0.2, 0) is 16.0 Å². The van der Waals surface area contributed by atoms with E-state index in [-0.39, 0.29) is 24.3 Å². The second-order valence-electron chi connectivity index (χ2n) is 6.42. The van der Waals surface area contributed by atoms with Gasteiger partial charge in [0.25, 0.3) is 0 Å². The number of para-hydroxylation sites is 1. The summed E-state index contributed by atoms with van der Waals surface area (Å²) in [5, 5.41) is 0. The standard InChI is InChI=1S/C18H24N2O2/c1-14-12-15-8-4-5-9-16(15)20(14)18(22)13-17(21)19-10-6-2-3-7-11-19/h4-5,8-9,14H,2-3,6-7,10-13H2,1H3. The molecule has 118 valence electrons. The Balaban J connectivity index is 1.68. The van der Waals surface area contributed by atoms with Crippen LogP contribution in [0.25, 0.3) is 0 Å². The van der Waals surface area contributed by atoms with Crippen molar-refractivity contribution in [3.8, 4) is 0 Å². The third-order valence-electron chi connectivity index (χ3n) is 4.74. The minimum absolute atomic E-state index is 0.00132. The maximum atomic E-state index is 12.6. The zero-order chi connectivity index (χ0) is 15.5. The Morgan fingerprint density at radius 1 is 1.05 bits per heavy atom. The van der Waals surface area contributed by atoms with E-state index in [2.05, 4.69) is 6.07 Å². The number of likely N-dealkylation sites (tertiary alicyclic amines) is 1. The van der Waals surface area contributed by atoms with Gasteiger partial charge in [-0.05, 0) is 37.8 Å². The van der Waals surface area contributed by atoms with E-state index >= 15 is 0 Å². The first-order chi connectivity index (χ1) is 10.7. The molecular formula is C18H24N2O2. The molecule has 1 atom stereocenters. The molecule has 1 fully saturated rings. The molecule has 2 aliphatic heterocycles. The third kappa shape index (κ3) is 3.01. The fourth-order valence-electron chi connectivity index (χ4n) is 3.59. The Bertz CT molecular complexity index is 562. The molecule has 2 amide bonds.